The van der Waals surface area contributed by atoms with Crippen molar-refractivity contribution in [3.8, 4) is 5.75 Å². The second kappa shape index (κ2) is 5.36. The smallest absolute Gasteiger partial charge is 0.150 e. The van der Waals surface area contributed by atoms with Crippen LogP contribution in [0.3, 0.4) is 0 Å². The molecule has 0 aliphatic rings. The lowest BCUT2D eigenvalue weighted by atomic mass is 10.1. The zero-order valence-electron chi connectivity index (χ0n) is 8.03. The van der Waals surface area contributed by atoms with Crippen LogP contribution in [0.15, 0.2) is 18.2 Å². The number of benzene rings is 1. The fourth-order valence-corrected chi connectivity index (χ4v) is 1.21. The minimum absolute atomic E-state index is 0.396. The summed E-state index contributed by atoms with van der Waals surface area (Å²) in [5, 5.41) is 0. The van der Waals surface area contributed by atoms with Gasteiger partial charge in [0.1, 0.15) is 12.0 Å². The first-order chi connectivity index (χ1) is 6.81. The summed E-state index contributed by atoms with van der Waals surface area (Å²) in [6.07, 6.45) is 1.42. The van der Waals surface area contributed by atoms with Gasteiger partial charge in [-0.05, 0) is 24.1 Å². The first kappa shape index (κ1) is 10.7. The molecule has 4 nitrogen and oxygen atoms in total. The molecule has 0 spiro atoms. The highest BCUT2D eigenvalue weighted by Gasteiger charge is 2.03. The van der Waals surface area contributed by atoms with Gasteiger partial charge in [0.15, 0.2) is 0 Å². The van der Waals surface area contributed by atoms with Crippen molar-refractivity contribution in [2.75, 3.05) is 13.7 Å². The molecule has 0 heterocycles. The van der Waals surface area contributed by atoms with E-state index in [1.165, 1.54) is 0 Å². The molecule has 0 fully saturated rings. The minimum atomic E-state index is 0.396. The lowest BCUT2D eigenvalue weighted by Crippen LogP contribution is -2.05. The molecule has 14 heavy (non-hydrogen) atoms. The molecule has 2 N–H and O–H groups in total. The minimum Gasteiger partial charge on any atom is -0.497 e. The average Bonchev–Trinajstić information content (AvgIpc) is 2.26. The normalized spacial score (nSPS) is 9.86. The Morgan fingerprint density at radius 2 is 2.29 bits per heavy atom. The van der Waals surface area contributed by atoms with Crippen LogP contribution in [-0.2, 0) is 11.3 Å². The summed E-state index contributed by atoms with van der Waals surface area (Å²) in [5.41, 5.74) is 1.52. The van der Waals surface area contributed by atoms with Gasteiger partial charge in [-0.2, -0.15) is 0 Å². The summed E-state index contributed by atoms with van der Waals surface area (Å²) >= 11 is 0. The third-order valence-corrected chi connectivity index (χ3v) is 1.97. The van der Waals surface area contributed by atoms with Crippen molar-refractivity contribution in [2.45, 2.75) is 6.42 Å². The molecule has 0 atom stereocenters. The molecule has 0 saturated heterocycles. The Hall–Kier alpha value is -1.39. The van der Waals surface area contributed by atoms with Crippen LogP contribution < -0.4 is 10.6 Å². The van der Waals surface area contributed by atoms with E-state index in [-0.39, 0.29) is 0 Å². The van der Waals surface area contributed by atoms with Crippen LogP contribution in [0.4, 0.5) is 0 Å². The Labute approximate surface area is 82.6 Å². The Kier molecular flexibility index (Phi) is 4.10. The molecule has 0 unspecified atom stereocenters. The molecule has 4 heteroatoms. The van der Waals surface area contributed by atoms with Gasteiger partial charge in [0.25, 0.3) is 0 Å². The van der Waals surface area contributed by atoms with E-state index in [1.807, 2.05) is 6.07 Å². The van der Waals surface area contributed by atoms with E-state index in [0.29, 0.717) is 24.3 Å². The van der Waals surface area contributed by atoms with Crippen LogP contribution >= 0.6 is 0 Å². The van der Waals surface area contributed by atoms with Gasteiger partial charge in [0.05, 0.1) is 13.7 Å². The molecule has 1 aromatic carbocycles. The van der Waals surface area contributed by atoms with E-state index < -0.39 is 0 Å². The molecule has 1 aromatic rings. The summed E-state index contributed by atoms with van der Waals surface area (Å²) in [4.78, 5) is 15.2. The summed E-state index contributed by atoms with van der Waals surface area (Å²) in [6, 6.07) is 5.33. The highest BCUT2D eigenvalue weighted by Crippen LogP contribution is 2.16. The lowest BCUT2D eigenvalue weighted by molar-refractivity contribution is 0.112. The van der Waals surface area contributed by atoms with E-state index in [1.54, 1.807) is 19.2 Å². The number of carbonyl (C=O) groups excluding carboxylic acids is 1. The Balaban J connectivity index is 2.87. The summed E-state index contributed by atoms with van der Waals surface area (Å²) in [7, 11) is 1.56. The molecule has 0 amide bonds. The molecule has 0 aliphatic heterocycles. The molecule has 76 valence electrons. The van der Waals surface area contributed by atoms with Gasteiger partial charge in [-0.15, -0.1) is 0 Å². The first-order valence-corrected chi connectivity index (χ1v) is 4.25. The Bertz CT molecular complexity index is 312. The van der Waals surface area contributed by atoms with Crippen molar-refractivity contribution in [3.63, 3.8) is 0 Å². The van der Waals surface area contributed by atoms with E-state index in [0.717, 1.165) is 11.8 Å². The maximum atomic E-state index is 10.7. The van der Waals surface area contributed by atoms with E-state index in [4.69, 9.17) is 10.6 Å². The number of nitrogens with two attached hydrogens (primary N) is 1. The average molecular weight is 195 g/mol. The topological polar surface area (TPSA) is 61.6 Å². The number of carbonyl (C=O) groups is 1. The van der Waals surface area contributed by atoms with E-state index in [9.17, 15) is 4.79 Å². The van der Waals surface area contributed by atoms with Gasteiger partial charge in [0, 0.05) is 5.56 Å². The van der Waals surface area contributed by atoms with Crippen molar-refractivity contribution in [1.29, 1.82) is 0 Å². The predicted molar refractivity (Wildman–Crippen MR) is 52.2 cm³/mol. The van der Waals surface area contributed by atoms with Gasteiger partial charge in [-0.3, -0.25) is 4.79 Å². The van der Waals surface area contributed by atoms with Crippen molar-refractivity contribution in [1.82, 2.24) is 0 Å². The second-order valence-corrected chi connectivity index (χ2v) is 2.80. The fraction of sp³-hybridized carbons (Fsp3) is 0.300. The monoisotopic (exact) mass is 195 g/mol. The maximum absolute atomic E-state index is 10.7. The molecule has 0 radical (unpaired) electrons. The van der Waals surface area contributed by atoms with Crippen LogP contribution in [0.1, 0.15) is 15.9 Å². The quantitative estimate of drug-likeness (QED) is 0.561. The van der Waals surface area contributed by atoms with Crippen LogP contribution in [0.25, 0.3) is 0 Å². The van der Waals surface area contributed by atoms with E-state index in [2.05, 4.69) is 4.84 Å². The van der Waals surface area contributed by atoms with Gasteiger partial charge in [-0.1, -0.05) is 6.07 Å². The second-order valence-electron chi connectivity index (χ2n) is 2.80. The number of rotatable bonds is 5. The zero-order chi connectivity index (χ0) is 10.4. The van der Waals surface area contributed by atoms with Crippen molar-refractivity contribution in [2.24, 2.45) is 5.90 Å². The van der Waals surface area contributed by atoms with Crippen molar-refractivity contribution in [3.05, 3.63) is 29.3 Å². The highest BCUT2D eigenvalue weighted by molar-refractivity contribution is 5.78. The number of ether oxygens (including phenoxy) is 1. The van der Waals surface area contributed by atoms with Crippen LogP contribution in [0.5, 0.6) is 5.75 Å². The predicted octanol–water partition coefficient (Wildman–Crippen LogP) is 0.941. The number of methoxy groups -OCH3 is 1. The molecule has 0 aromatic heterocycles. The Morgan fingerprint density at radius 1 is 1.50 bits per heavy atom. The van der Waals surface area contributed by atoms with Gasteiger partial charge < -0.3 is 9.57 Å². The SMILES string of the molecule is COc1ccc(CCON)c(C=O)c1. The number of hydrogen-bond acceptors (Lipinski definition) is 4. The first-order valence-electron chi connectivity index (χ1n) is 4.25. The molecular weight excluding hydrogens is 182 g/mol. The fourth-order valence-electron chi connectivity index (χ4n) is 1.21. The van der Waals surface area contributed by atoms with Crippen LogP contribution in [0.2, 0.25) is 0 Å². The van der Waals surface area contributed by atoms with E-state index >= 15 is 0 Å². The number of aldehydes is 1. The molecule has 0 bridgehead atoms. The van der Waals surface area contributed by atoms with Gasteiger partial charge in [-0.25, -0.2) is 5.90 Å². The summed E-state index contributed by atoms with van der Waals surface area (Å²) in [6.45, 7) is 0.396. The van der Waals surface area contributed by atoms with Gasteiger partial charge >= 0.3 is 0 Å². The van der Waals surface area contributed by atoms with Crippen molar-refractivity contribution >= 4 is 6.29 Å². The third kappa shape index (κ3) is 2.55. The van der Waals surface area contributed by atoms with Gasteiger partial charge in [0.2, 0.25) is 0 Å². The molecule has 0 aliphatic carbocycles. The Morgan fingerprint density at radius 3 is 2.86 bits per heavy atom. The van der Waals surface area contributed by atoms with Crippen LogP contribution in [-0.4, -0.2) is 20.0 Å². The zero-order valence-corrected chi connectivity index (χ0v) is 8.03. The molecule has 0 saturated carbocycles. The largest absolute Gasteiger partial charge is 0.497 e. The lowest BCUT2D eigenvalue weighted by Gasteiger charge is -2.06. The van der Waals surface area contributed by atoms with Crippen LogP contribution in [0, 0.1) is 0 Å². The molecule has 1 rings (SSSR count). The van der Waals surface area contributed by atoms with Crippen molar-refractivity contribution < 1.29 is 14.4 Å². The maximum Gasteiger partial charge on any atom is 0.150 e. The molecular formula is C10H13NO3. The third-order valence-electron chi connectivity index (χ3n) is 1.97. The highest BCUT2D eigenvalue weighted by atomic mass is 16.6. The number of hydrogen-bond donors (Lipinski definition) is 1. The standard InChI is InChI=1S/C10H13NO3/c1-13-10-3-2-8(4-5-14-11)9(6-10)7-12/h2-3,6-7H,4-5,11H2,1H3. The summed E-state index contributed by atoms with van der Waals surface area (Å²) in [5.74, 6) is 5.58. The summed E-state index contributed by atoms with van der Waals surface area (Å²) < 4.78 is 5.00.